The summed E-state index contributed by atoms with van der Waals surface area (Å²) < 4.78 is 6.14. The Kier molecular flexibility index (Phi) is 37.4. The number of carbonyl (C=O) groups excluding carboxylic acids is 4. The molecular weight excluding hydrogens is 990 g/mol. The molecule has 0 fully saturated rings. The van der Waals surface area contributed by atoms with Gasteiger partial charge in [-0.3, -0.25) is 30.0 Å². The summed E-state index contributed by atoms with van der Waals surface area (Å²) in [4.78, 5) is 45.7. The van der Waals surface area contributed by atoms with Crippen LogP contribution in [-0.4, -0.2) is 69.2 Å². The quantitative estimate of drug-likeness (QED) is 0.0550. The van der Waals surface area contributed by atoms with Crippen LogP contribution in [0.3, 0.4) is 0 Å². The van der Waals surface area contributed by atoms with Crippen molar-refractivity contribution < 1.29 is 53.3 Å². The predicted octanol–water partition coefficient (Wildman–Crippen LogP) is 8.38. The molecule has 0 bridgehead atoms. The number of nitrogens with one attached hydrogen (secondary N) is 4. The maximum absolute atomic E-state index is 11.5. The van der Waals surface area contributed by atoms with Gasteiger partial charge in [-0.15, -0.1) is 0 Å². The number of ketones is 2. The molecule has 0 atom stereocenters. The van der Waals surface area contributed by atoms with E-state index in [-0.39, 0.29) is 103 Å². The van der Waals surface area contributed by atoms with Crippen LogP contribution >= 0.6 is 0 Å². The van der Waals surface area contributed by atoms with Gasteiger partial charge in [-0.2, -0.15) is 60.7 Å². The van der Waals surface area contributed by atoms with Crippen molar-refractivity contribution in [2.24, 2.45) is 0 Å². The van der Waals surface area contributed by atoms with Crippen LogP contribution in [-0.2, 0) is 43.7 Å². The molecule has 2 aliphatic carbocycles. The van der Waals surface area contributed by atoms with Crippen molar-refractivity contribution in [2.75, 3.05) is 0 Å². The van der Waals surface area contributed by atoms with Gasteiger partial charge >= 0.3 is 90.2 Å². The third-order valence-corrected chi connectivity index (χ3v) is 13.4. The van der Waals surface area contributed by atoms with Crippen LogP contribution in [0.4, 0.5) is 0 Å². The van der Waals surface area contributed by atoms with Crippen molar-refractivity contribution in [2.45, 2.75) is 44.4 Å². The second kappa shape index (κ2) is 38.4. The normalized spacial score (nSPS) is 12.6. The molecule has 0 spiro atoms. The molecule has 2 radical (unpaired) electrons. The molecule has 0 aliphatic heterocycles. The maximum atomic E-state index is 11.5. The van der Waals surface area contributed by atoms with E-state index in [9.17, 15) is 19.2 Å². The summed E-state index contributed by atoms with van der Waals surface area (Å²) in [5.74, 6) is -0.672. The second-order valence-corrected chi connectivity index (χ2v) is 23.7. The Hall–Kier alpha value is -3.50. The largest absolute Gasteiger partial charge is 0.306 e. The zero-order valence-electron chi connectivity index (χ0n) is 32.5. The van der Waals surface area contributed by atoms with Gasteiger partial charge in [-0.05, 0) is 24.3 Å². The van der Waals surface area contributed by atoms with Crippen LogP contribution < -0.4 is 21.7 Å². The van der Waals surface area contributed by atoms with Gasteiger partial charge in [0.05, 0.1) is 0 Å². The fraction of sp³-hybridized carbons (Fsp3) is 0.182. The van der Waals surface area contributed by atoms with Crippen LogP contribution in [0.15, 0.2) is 181 Å². The van der Waals surface area contributed by atoms with Gasteiger partial charge in [-0.1, -0.05) is 35.4 Å². The molecule has 0 heterocycles. The third kappa shape index (κ3) is 28.0. The number of allylic oxidation sites excluding steroid dienone is 10. The van der Waals surface area contributed by atoms with Crippen molar-refractivity contribution in [1.29, 1.82) is 0 Å². The number of hydrogen-bond acceptors (Lipinski definition) is 6. The second-order valence-electron chi connectivity index (χ2n) is 11.0. The number of amides is 2. The number of hydrogen-bond donors (Lipinski definition) is 4. The molecule has 12 heteroatoms. The van der Waals surface area contributed by atoms with E-state index in [2.05, 4.69) is 49.4 Å². The Balaban J connectivity index is 0. The molecule has 298 valence electrons. The van der Waals surface area contributed by atoms with Crippen LogP contribution in [0.2, 0.25) is 16.7 Å². The molecule has 6 rings (SSSR count). The van der Waals surface area contributed by atoms with E-state index in [4.69, 9.17) is 0 Å². The molecule has 4 N–H and O–H groups in total. The van der Waals surface area contributed by atoms with E-state index in [1.807, 2.05) is 60.7 Å². The van der Waals surface area contributed by atoms with Crippen LogP contribution in [0.1, 0.15) is 48.4 Å². The monoisotopic (exact) mass is 1040 g/mol. The minimum absolute atomic E-state index is 0. The van der Waals surface area contributed by atoms with E-state index in [0.29, 0.717) is 22.3 Å². The van der Waals surface area contributed by atoms with Crippen molar-refractivity contribution >= 4 is 69.2 Å². The Morgan fingerprint density at radius 1 is 0.536 bits per heavy atom. The van der Waals surface area contributed by atoms with Gasteiger partial charge in [0, 0.05) is 57.7 Å². The van der Waals surface area contributed by atoms with Crippen LogP contribution in [0.5, 0.6) is 0 Å². The summed E-state index contributed by atoms with van der Waals surface area (Å²) in [6.45, 7) is 9.18. The van der Waals surface area contributed by atoms with E-state index in [0.717, 1.165) is 0 Å². The van der Waals surface area contributed by atoms with E-state index >= 15 is 0 Å². The Morgan fingerprint density at radius 3 is 1.07 bits per heavy atom. The molecule has 0 aromatic heterocycles. The number of carbonyl (C=O) groups is 4. The van der Waals surface area contributed by atoms with Gasteiger partial charge in [0.15, 0.2) is 11.6 Å². The third-order valence-electron chi connectivity index (χ3n) is 6.78. The summed E-state index contributed by atoms with van der Waals surface area (Å²) >= 11 is 0.160. The average molecular weight is 1040 g/mol. The minimum atomic E-state index is -0.241. The zero-order chi connectivity index (χ0) is 39.5. The van der Waals surface area contributed by atoms with Crippen LogP contribution in [0.25, 0.3) is 0 Å². The number of hydrazine groups is 2. The first-order valence-electron chi connectivity index (χ1n) is 18.1. The van der Waals surface area contributed by atoms with E-state index in [1.54, 1.807) is 85.0 Å². The molecule has 4 aromatic carbocycles. The average Bonchev–Trinajstić information content (AvgIpc) is 4.04. The topological polar surface area (TPSA) is 116 Å². The van der Waals surface area contributed by atoms with Gasteiger partial charge in [-0.25, -0.2) is 48.5 Å². The van der Waals surface area contributed by atoms with Gasteiger partial charge in [0.25, 0.3) is 0 Å². The zero-order valence-corrected chi connectivity index (χ0v) is 41.3. The van der Waals surface area contributed by atoms with Crippen molar-refractivity contribution in [3.05, 3.63) is 192 Å². The molecule has 56 heavy (non-hydrogen) atoms. The summed E-state index contributed by atoms with van der Waals surface area (Å²) in [7, 11) is 0. The smallest absolute Gasteiger partial charge is 0.213 e. The summed E-state index contributed by atoms with van der Waals surface area (Å²) in [5, 5.41) is 0. The standard InChI is InChI=1S/2C13H11N2O2.2C5H5.4C2H5.2Fe.2In/c2*16-12-8-4-3-7-11(12)9-14-15-13(17)10-5-1-2-6-10;2*1-2-4-5-3-1;4*1-2;;;;/h2*1-9,14H,(H,15,17);2*1-5H;4*1H2,2H3;;;;/q4*-1;;;;;;;;. The first-order chi connectivity index (χ1) is 26.4. The first-order valence-corrected chi connectivity index (χ1v) is 27.4. The number of rotatable bonds is 10. The molecule has 0 saturated carbocycles. The molecule has 2 aliphatic rings. The minimum Gasteiger partial charge on any atom is -0.306 e. The molecule has 2 amide bonds. The Bertz CT molecular complexity index is 1560. The van der Waals surface area contributed by atoms with E-state index in [1.165, 1.54) is 41.3 Å². The molecule has 4 aromatic rings. The summed E-state index contributed by atoms with van der Waals surface area (Å²) in [6, 6.07) is 34.0. The molecule has 0 unspecified atom stereocenters. The SMILES string of the molecule is C[CH2][In][CH2]C.C[CH2][In][CH2]C.O=C1C=CC=CC1=CNNC(=O)[c-]1cccc1.O=C1C=CC=CC1=CNNC(=O)[c-]1cccc1.[Fe].[Fe].c1cc[cH-]c1.c1cc[cH-]c1. The summed E-state index contributed by atoms with van der Waals surface area (Å²) in [5.41, 5.74) is 12.3. The van der Waals surface area contributed by atoms with Crippen LogP contribution in [0, 0.1) is 0 Å². The van der Waals surface area contributed by atoms with Crippen molar-refractivity contribution in [3.8, 4) is 0 Å². The fourth-order valence-corrected chi connectivity index (χ4v) is 7.27. The Morgan fingerprint density at radius 2 is 0.839 bits per heavy atom. The summed E-state index contributed by atoms with van der Waals surface area (Å²) in [6.07, 6.45) is 16.0. The molecule has 8 nitrogen and oxygen atoms in total. The molecular formula is C44H52Fe2In2N4O4-4. The van der Waals surface area contributed by atoms with Gasteiger partial charge < -0.3 is 10.9 Å². The maximum Gasteiger partial charge on any atom is 0.213 e. The van der Waals surface area contributed by atoms with E-state index < -0.39 is 0 Å². The predicted molar refractivity (Wildman–Crippen MR) is 226 cm³/mol. The van der Waals surface area contributed by atoms with Gasteiger partial charge in [0.2, 0.25) is 11.8 Å². The Labute approximate surface area is 377 Å². The van der Waals surface area contributed by atoms with Gasteiger partial charge in [0.1, 0.15) is 0 Å². The van der Waals surface area contributed by atoms with Crippen molar-refractivity contribution in [1.82, 2.24) is 21.7 Å². The fourth-order valence-electron chi connectivity index (χ4n) is 3.97. The molecule has 0 saturated heterocycles. The first kappa shape index (κ1) is 54.6. The van der Waals surface area contributed by atoms with Crippen molar-refractivity contribution in [3.63, 3.8) is 0 Å².